The zero-order chi connectivity index (χ0) is 15.2. The third-order valence-corrected chi connectivity index (χ3v) is 4.75. The maximum Gasteiger partial charge on any atom is 0.335 e. The Balaban J connectivity index is 2.57. The molecule has 0 aliphatic carbocycles. The van der Waals surface area contributed by atoms with Gasteiger partial charge in [-0.05, 0) is 41.9 Å². The van der Waals surface area contributed by atoms with Gasteiger partial charge in [0.25, 0.3) is 0 Å². The summed E-state index contributed by atoms with van der Waals surface area (Å²) in [6, 6.07) is 2.19. The number of barbiturate groups is 1. The molecular weight excluding hydrogens is 371 g/mol. The number of benzene rings is 1. The Morgan fingerprint density at radius 2 is 1.75 bits per heavy atom. The first-order chi connectivity index (χ1) is 9.17. The van der Waals surface area contributed by atoms with Crippen LogP contribution in [0.3, 0.4) is 0 Å². The number of nitrogens with zero attached hydrogens (tertiary/aromatic N) is 1. The van der Waals surface area contributed by atoms with E-state index in [0.29, 0.717) is 4.47 Å². The number of hydrogen-bond acceptors (Lipinski definition) is 3. The van der Waals surface area contributed by atoms with Crippen LogP contribution in [-0.4, -0.2) is 17.8 Å². The Bertz CT molecular complexity index is 646. The van der Waals surface area contributed by atoms with Gasteiger partial charge in [0.15, 0.2) is 0 Å². The van der Waals surface area contributed by atoms with Crippen LogP contribution < -0.4 is 10.2 Å². The number of hydrogen-bond donors (Lipinski definition) is 1. The summed E-state index contributed by atoms with van der Waals surface area (Å²) in [6.45, 7) is 2.86. The highest BCUT2D eigenvalue weighted by molar-refractivity contribution is 9.10. The molecule has 1 saturated heterocycles. The molecular formula is C12H9BrCl2N2O3. The fourth-order valence-corrected chi connectivity index (χ4v) is 2.54. The lowest BCUT2D eigenvalue weighted by Gasteiger charge is -2.34. The molecule has 1 heterocycles. The summed E-state index contributed by atoms with van der Waals surface area (Å²) < 4.78 is 0.535. The first kappa shape index (κ1) is 15.3. The quantitative estimate of drug-likeness (QED) is 0.600. The molecule has 0 unspecified atom stereocenters. The van der Waals surface area contributed by atoms with Crippen molar-refractivity contribution in [3.63, 3.8) is 0 Å². The molecule has 1 aromatic carbocycles. The molecule has 0 aromatic heterocycles. The minimum absolute atomic E-state index is 0.0506. The van der Waals surface area contributed by atoms with Gasteiger partial charge in [-0.3, -0.25) is 14.9 Å². The summed E-state index contributed by atoms with van der Waals surface area (Å²) in [5.41, 5.74) is -1.24. The van der Waals surface area contributed by atoms with E-state index in [2.05, 4.69) is 21.2 Å². The lowest BCUT2D eigenvalue weighted by molar-refractivity contribution is -0.140. The van der Waals surface area contributed by atoms with Gasteiger partial charge in [0, 0.05) is 4.47 Å². The predicted octanol–water partition coefficient (Wildman–Crippen LogP) is 3.36. The lowest BCUT2D eigenvalue weighted by atomic mass is 9.88. The molecule has 1 N–H and O–H groups in total. The molecule has 0 saturated carbocycles. The highest BCUT2D eigenvalue weighted by Crippen LogP contribution is 2.39. The summed E-state index contributed by atoms with van der Waals surface area (Å²) in [7, 11) is 0. The van der Waals surface area contributed by atoms with E-state index in [-0.39, 0.29) is 15.7 Å². The molecule has 0 bridgehead atoms. The largest absolute Gasteiger partial charge is 0.335 e. The number of amides is 4. The molecule has 1 aliphatic rings. The SMILES string of the molecule is CC1(C)C(=O)NC(=O)N(c2ccc(Br)c(Cl)c2Cl)C1=O. The summed E-state index contributed by atoms with van der Waals surface area (Å²) in [5, 5.41) is 2.35. The Morgan fingerprint density at radius 3 is 2.35 bits per heavy atom. The van der Waals surface area contributed by atoms with Gasteiger partial charge in [-0.25, -0.2) is 9.69 Å². The molecule has 1 aromatic rings. The first-order valence-corrected chi connectivity index (χ1v) is 7.06. The summed E-state index contributed by atoms with van der Waals surface area (Å²) in [5.74, 6) is -1.31. The van der Waals surface area contributed by atoms with Gasteiger partial charge in [-0.2, -0.15) is 0 Å². The Labute approximate surface area is 133 Å². The van der Waals surface area contributed by atoms with Crippen molar-refractivity contribution in [1.82, 2.24) is 5.32 Å². The van der Waals surface area contributed by atoms with Crippen LogP contribution >= 0.6 is 39.1 Å². The standard InChI is InChI=1S/C12H9BrCl2N2O3/c1-12(2)9(18)16-11(20)17(10(12)19)6-4-3-5(13)7(14)8(6)15/h3-4H,1-2H3,(H,16,18,20). The second kappa shape index (κ2) is 5.02. The first-order valence-electron chi connectivity index (χ1n) is 5.51. The number of carbonyl (C=O) groups is 3. The van der Waals surface area contributed by atoms with E-state index in [1.165, 1.54) is 19.9 Å². The summed E-state index contributed by atoms with van der Waals surface area (Å²) in [4.78, 5) is 36.8. The number of urea groups is 1. The van der Waals surface area contributed by atoms with Crippen molar-refractivity contribution in [2.24, 2.45) is 5.41 Å². The van der Waals surface area contributed by atoms with E-state index in [9.17, 15) is 14.4 Å². The summed E-state index contributed by atoms with van der Waals surface area (Å²) >= 11 is 15.2. The van der Waals surface area contributed by atoms with Gasteiger partial charge >= 0.3 is 6.03 Å². The fraction of sp³-hybridized carbons (Fsp3) is 0.250. The van der Waals surface area contributed by atoms with Crippen molar-refractivity contribution < 1.29 is 14.4 Å². The maximum atomic E-state index is 12.3. The van der Waals surface area contributed by atoms with Gasteiger partial charge in [0.05, 0.1) is 15.7 Å². The molecule has 0 spiro atoms. The van der Waals surface area contributed by atoms with Crippen LogP contribution in [0.4, 0.5) is 10.5 Å². The molecule has 0 radical (unpaired) electrons. The van der Waals surface area contributed by atoms with Gasteiger partial charge in [-0.15, -0.1) is 0 Å². The smallest absolute Gasteiger partial charge is 0.276 e. The Hall–Kier alpha value is -1.11. The number of carbonyl (C=O) groups excluding carboxylic acids is 3. The molecule has 106 valence electrons. The highest BCUT2D eigenvalue weighted by Gasteiger charge is 2.48. The number of rotatable bonds is 1. The van der Waals surface area contributed by atoms with Crippen molar-refractivity contribution in [2.75, 3.05) is 4.90 Å². The average molecular weight is 380 g/mol. The van der Waals surface area contributed by atoms with Gasteiger partial charge in [-0.1, -0.05) is 23.2 Å². The van der Waals surface area contributed by atoms with Crippen LogP contribution in [0.2, 0.25) is 10.0 Å². The van der Waals surface area contributed by atoms with Crippen LogP contribution in [0, 0.1) is 5.41 Å². The third-order valence-electron chi connectivity index (χ3n) is 2.98. The second-order valence-electron chi connectivity index (χ2n) is 4.72. The Morgan fingerprint density at radius 1 is 1.15 bits per heavy atom. The van der Waals surface area contributed by atoms with Crippen molar-refractivity contribution in [1.29, 1.82) is 0 Å². The highest BCUT2D eigenvalue weighted by atomic mass is 79.9. The molecule has 8 heteroatoms. The van der Waals surface area contributed by atoms with E-state index in [0.717, 1.165) is 4.90 Å². The number of anilines is 1. The minimum Gasteiger partial charge on any atom is -0.276 e. The van der Waals surface area contributed by atoms with Crippen LogP contribution in [0.5, 0.6) is 0 Å². The van der Waals surface area contributed by atoms with E-state index >= 15 is 0 Å². The summed E-state index contributed by atoms with van der Waals surface area (Å²) in [6.07, 6.45) is 0. The van der Waals surface area contributed by atoms with Crippen molar-refractivity contribution in [2.45, 2.75) is 13.8 Å². The lowest BCUT2D eigenvalue weighted by Crippen LogP contribution is -2.62. The minimum atomic E-state index is -1.36. The van der Waals surface area contributed by atoms with Crippen molar-refractivity contribution in [3.8, 4) is 0 Å². The molecule has 2 rings (SSSR count). The van der Waals surface area contributed by atoms with Gasteiger partial charge in [0.2, 0.25) is 11.8 Å². The molecule has 0 atom stereocenters. The van der Waals surface area contributed by atoms with E-state index < -0.39 is 23.3 Å². The van der Waals surface area contributed by atoms with Crippen molar-refractivity contribution >= 4 is 62.7 Å². The van der Waals surface area contributed by atoms with Crippen LogP contribution in [0.1, 0.15) is 13.8 Å². The molecule has 1 aliphatic heterocycles. The topological polar surface area (TPSA) is 66.5 Å². The number of imide groups is 2. The monoisotopic (exact) mass is 378 g/mol. The van der Waals surface area contributed by atoms with Gasteiger partial charge < -0.3 is 0 Å². The number of halogens is 3. The molecule has 4 amide bonds. The Kier molecular flexibility index (Phi) is 3.83. The van der Waals surface area contributed by atoms with Crippen LogP contribution in [0.25, 0.3) is 0 Å². The van der Waals surface area contributed by atoms with E-state index in [1.807, 2.05) is 0 Å². The van der Waals surface area contributed by atoms with Crippen molar-refractivity contribution in [3.05, 3.63) is 26.7 Å². The third kappa shape index (κ3) is 2.21. The maximum absolute atomic E-state index is 12.3. The normalized spacial score (nSPS) is 18.2. The number of nitrogens with one attached hydrogen (secondary N) is 1. The molecule has 5 nitrogen and oxygen atoms in total. The second-order valence-corrected chi connectivity index (χ2v) is 6.33. The zero-order valence-corrected chi connectivity index (χ0v) is 13.6. The predicted molar refractivity (Wildman–Crippen MR) is 79.0 cm³/mol. The molecule has 1 fully saturated rings. The van der Waals surface area contributed by atoms with E-state index in [4.69, 9.17) is 23.2 Å². The van der Waals surface area contributed by atoms with Gasteiger partial charge in [0.1, 0.15) is 5.41 Å². The average Bonchev–Trinajstić information content (AvgIpc) is 2.37. The van der Waals surface area contributed by atoms with E-state index in [1.54, 1.807) is 6.07 Å². The van der Waals surface area contributed by atoms with Crippen LogP contribution in [0.15, 0.2) is 16.6 Å². The fourth-order valence-electron chi connectivity index (χ4n) is 1.69. The zero-order valence-electron chi connectivity index (χ0n) is 10.5. The molecule has 20 heavy (non-hydrogen) atoms. The van der Waals surface area contributed by atoms with Crippen LogP contribution in [-0.2, 0) is 9.59 Å².